The summed E-state index contributed by atoms with van der Waals surface area (Å²) in [6.07, 6.45) is 2.41. The van der Waals surface area contributed by atoms with Gasteiger partial charge in [-0.1, -0.05) is 17.7 Å². The number of likely N-dealkylation sites (tertiary alicyclic amines) is 1. The monoisotopic (exact) mass is 358 g/mol. The first-order valence-electron chi connectivity index (χ1n) is 8.59. The van der Waals surface area contributed by atoms with Crippen molar-refractivity contribution in [3.63, 3.8) is 0 Å². The van der Waals surface area contributed by atoms with Crippen molar-refractivity contribution in [3.05, 3.63) is 59.4 Å². The molecule has 1 saturated heterocycles. The molecular weight excluding hydrogens is 339 g/mol. The summed E-state index contributed by atoms with van der Waals surface area (Å²) in [7, 11) is 0. The Morgan fingerprint density at radius 2 is 1.76 bits per heavy atom. The second-order valence-corrected chi connectivity index (χ2v) is 6.89. The molecule has 0 spiro atoms. The topological polar surface area (TPSA) is 17.4 Å². The van der Waals surface area contributed by atoms with E-state index in [2.05, 4.69) is 11.8 Å². The highest BCUT2D eigenvalue weighted by atomic mass is 35.5. The third-order valence-electron chi connectivity index (χ3n) is 4.76. The van der Waals surface area contributed by atoms with Crippen LogP contribution < -0.4 is 4.74 Å². The third-order valence-corrected chi connectivity index (χ3v) is 5.00. The van der Waals surface area contributed by atoms with Crippen molar-refractivity contribution >= 4 is 22.5 Å². The van der Waals surface area contributed by atoms with Gasteiger partial charge in [-0.05, 0) is 56.2 Å². The predicted molar refractivity (Wildman–Crippen MR) is 99.1 cm³/mol. The van der Waals surface area contributed by atoms with E-state index in [-0.39, 0.29) is 12.0 Å². The molecule has 1 atom stereocenters. The van der Waals surface area contributed by atoms with E-state index in [1.54, 1.807) is 12.1 Å². The van der Waals surface area contributed by atoms with Crippen molar-refractivity contribution < 1.29 is 9.13 Å². The highest BCUT2D eigenvalue weighted by Crippen LogP contribution is 2.32. The number of rotatable bonds is 4. The maximum Gasteiger partial charge on any atom is 0.200 e. The highest BCUT2D eigenvalue weighted by Gasteiger charge is 2.21. The van der Waals surface area contributed by atoms with Crippen molar-refractivity contribution in [1.29, 1.82) is 0 Å². The molecule has 0 amide bonds. The first kappa shape index (κ1) is 16.4. The van der Waals surface area contributed by atoms with Crippen molar-refractivity contribution in [3.8, 4) is 11.6 Å². The summed E-state index contributed by atoms with van der Waals surface area (Å²) in [4.78, 5) is 2.33. The molecule has 0 saturated carbocycles. The number of ether oxygens (including phenoxy) is 1. The molecule has 0 N–H and O–H groups in total. The van der Waals surface area contributed by atoms with E-state index in [1.165, 1.54) is 25.0 Å². The van der Waals surface area contributed by atoms with Crippen LogP contribution in [0.15, 0.2) is 48.5 Å². The van der Waals surface area contributed by atoms with Crippen LogP contribution in [0.25, 0.3) is 16.6 Å². The molecule has 3 nitrogen and oxygen atoms in total. The highest BCUT2D eigenvalue weighted by molar-refractivity contribution is 6.31. The van der Waals surface area contributed by atoms with E-state index in [4.69, 9.17) is 16.3 Å². The Bertz CT molecular complexity index is 885. The second kappa shape index (κ2) is 6.70. The number of fused-ring (bicyclic) bond motifs is 1. The lowest BCUT2D eigenvalue weighted by Crippen LogP contribution is -2.35. The van der Waals surface area contributed by atoms with Gasteiger partial charge in [0.15, 0.2) is 6.23 Å². The maximum atomic E-state index is 13.4. The van der Waals surface area contributed by atoms with E-state index >= 15 is 0 Å². The van der Waals surface area contributed by atoms with Gasteiger partial charge in [0.25, 0.3) is 0 Å². The number of halogens is 2. The molecule has 1 fully saturated rings. The fourth-order valence-electron chi connectivity index (χ4n) is 3.45. The summed E-state index contributed by atoms with van der Waals surface area (Å²) in [5.74, 6) is 0.481. The van der Waals surface area contributed by atoms with Crippen molar-refractivity contribution in [2.75, 3.05) is 13.1 Å². The largest absolute Gasteiger partial charge is 0.460 e. The minimum Gasteiger partial charge on any atom is -0.460 e. The van der Waals surface area contributed by atoms with Gasteiger partial charge >= 0.3 is 0 Å². The molecule has 130 valence electrons. The lowest BCUT2D eigenvalue weighted by Gasteiger charge is -2.25. The Labute approximate surface area is 151 Å². The maximum absolute atomic E-state index is 13.4. The number of aromatic nitrogens is 1. The molecule has 2 aromatic carbocycles. The molecule has 2 heterocycles. The zero-order chi connectivity index (χ0) is 17.4. The van der Waals surface area contributed by atoms with E-state index in [1.807, 2.05) is 28.8 Å². The van der Waals surface area contributed by atoms with Gasteiger partial charge in [0.05, 0.1) is 5.52 Å². The summed E-state index contributed by atoms with van der Waals surface area (Å²) in [5, 5.41) is 1.70. The number of nitrogens with zero attached hydrogens (tertiary/aromatic N) is 2. The first-order valence-corrected chi connectivity index (χ1v) is 8.97. The lowest BCUT2D eigenvalue weighted by molar-refractivity contribution is 0.0540. The van der Waals surface area contributed by atoms with Crippen LogP contribution in [0.4, 0.5) is 4.39 Å². The van der Waals surface area contributed by atoms with Crippen LogP contribution in [-0.2, 0) is 0 Å². The third kappa shape index (κ3) is 3.24. The summed E-state index contributed by atoms with van der Waals surface area (Å²) in [5.41, 5.74) is 1.80. The van der Waals surface area contributed by atoms with E-state index in [0.717, 1.165) is 35.6 Å². The van der Waals surface area contributed by atoms with Crippen LogP contribution in [0.3, 0.4) is 0 Å². The van der Waals surface area contributed by atoms with Gasteiger partial charge < -0.3 is 4.74 Å². The quantitative estimate of drug-likeness (QED) is 0.634. The molecule has 5 heteroatoms. The van der Waals surface area contributed by atoms with Crippen molar-refractivity contribution in [2.24, 2.45) is 0 Å². The molecule has 0 bridgehead atoms. The molecule has 1 aromatic heterocycles. The van der Waals surface area contributed by atoms with Crippen LogP contribution in [0.5, 0.6) is 5.88 Å². The van der Waals surface area contributed by atoms with E-state index in [9.17, 15) is 4.39 Å². The number of benzene rings is 2. The first-order chi connectivity index (χ1) is 12.1. The molecule has 0 radical (unpaired) electrons. The molecule has 1 aliphatic rings. The Kier molecular flexibility index (Phi) is 4.40. The van der Waals surface area contributed by atoms with Gasteiger partial charge in [0, 0.05) is 35.3 Å². The van der Waals surface area contributed by atoms with Gasteiger partial charge in [-0.25, -0.2) is 4.39 Å². The Morgan fingerprint density at radius 3 is 2.48 bits per heavy atom. The molecule has 3 aromatic rings. The zero-order valence-electron chi connectivity index (χ0n) is 14.1. The molecule has 1 aliphatic heterocycles. The number of hydrogen-bond donors (Lipinski definition) is 0. The van der Waals surface area contributed by atoms with Crippen LogP contribution in [-0.4, -0.2) is 28.8 Å². The SMILES string of the molecule is CC(Oc1cc2ccc(Cl)cc2n1-c1ccc(F)cc1)N1CCCC1. The van der Waals surface area contributed by atoms with Gasteiger partial charge in [0.2, 0.25) is 5.88 Å². The van der Waals surface area contributed by atoms with Gasteiger partial charge in [-0.2, -0.15) is 0 Å². The smallest absolute Gasteiger partial charge is 0.200 e. The molecule has 1 unspecified atom stereocenters. The summed E-state index contributed by atoms with van der Waals surface area (Å²) >= 11 is 6.20. The van der Waals surface area contributed by atoms with Gasteiger partial charge in [-0.15, -0.1) is 0 Å². The predicted octanol–water partition coefficient (Wildman–Crippen LogP) is 5.24. The average Bonchev–Trinajstić information content (AvgIpc) is 3.23. The molecule has 4 rings (SSSR count). The average molecular weight is 359 g/mol. The molecule has 0 aliphatic carbocycles. The lowest BCUT2D eigenvalue weighted by atomic mass is 10.2. The summed E-state index contributed by atoms with van der Waals surface area (Å²) < 4.78 is 21.6. The minimum absolute atomic E-state index is 0.0125. The normalized spacial score (nSPS) is 16.4. The van der Waals surface area contributed by atoms with Gasteiger partial charge in [0.1, 0.15) is 5.82 Å². The zero-order valence-corrected chi connectivity index (χ0v) is 14.8. The Balaban J connectivity index is 1.79. The fourth-order valence-corrected chi connectivity index (χ4v) is 3.61. The Morgan fingerprint density at radius 1 is 1.04 bits per heavy atom. The summed E-state index contributed by atoms with van der Waals surface area (Å²) in [6.45, 7) is 4.19. The summed E-state index contributed by atoms with van der Waals surface area (Å²) in [6, 6.07) is 14.2. The van der Waals surface area contributed by atoms with Crippen molar-refractivity contribution in [1.82, 2.24) is 9.47 Å². The number of hydrogen-bond acceptors (Lipinski definition) is 2. The molecular formula is C20H20ClFN2O. The van der Waals surface area contributed by atoms with Gasteiger partial charge in [-0.3, -0.25) is 9.47 Å². The van der Waals surface area contributed by atoms with Crippen LogP contribution in [0.1, 0.15) is 19.8 Å². The molecule has 25 heavy (non-hydrogen) atoms. The van der Waals surface area contributed by atoms with Crippen LogP contribution >= 0.6 is 11.6 Å². The minimum atomic E-state index is -0.258. The van der Waals surface area contributed by atoms with E-state index < -0.39 is 0 Å². The second-order valence-electron chi connectivity index (χ2n) is 6.46. The fraction of sp³-hybridized carbons (Fsp3) is 0.300. The van der Waals surface area contributed by atoms with E-state index in [0.29, 0.717) is 5.02 Å². The standard InChI is InChI=1S/C20H20ClFN2O/c1-14(23-10-2-3-11-23)25-20-12-15-4-5-16(21)13-19(15)24(20)18-8-6-17(22)7-9-18/h4-9,12-14H,2-3,10-11H2,1H3. The van der Waals surface area contributed by atoms with Crippen LogP contribution in [0.2, 0.25) is 5.02 Å². The van der Waals surface area contributed by atoms with Crippen molar-refractivity contribution in [2.45, 2.75) is 26.0 Å². The Hall–Kier alpha value is -2.04. The van der Waals surface area contributed by atoms with Crippen LogP contribution in [0, 0.1) is 5.82 Å².